The van der Waals surface area contributed by atoms with E-state index >= 15 is 0 Å². The first-order valence-electron chi connectivity index (χ1n) is 11.7. The summed E-state index contributed by atoms with van der Waals surface area (Å²) in [4.78, 5) is 28.6. The van der Waals surface area contributed by atoms with Crippen molar-refractivity contribution < 1.29 is 23.8 Å². The number of rotatable bonds is 3. The van der Waals surface area contributed by atoms with Crippen LogP contribution in [0.3, 0.4) is 0 Å². The molecule has 3 fully saturated rings. The Morgan fingerprint density at radius 2 is 1.73 bits per heavy atom. The molecule has 2 aliphatic heterocycles. The largest absolute Gasteiger partial charge is 0.453 e. The van der Waals surface area contributed by atoms with Crippen LogP contribution in [-0.4, -0.2) is 59.9 Å². The van der Waals surface area contributed by atoms with Crippen LogP contribution in [0.15, 0.2) is 18.2 Å². The molecule has 0 N–H and O–H groups in total. The van der Waals surface area contributed by atoms with Crippen molar-refractivity contribution in [3.63, 3.8) is 0 Å². The molecule has 1 aromatic rings. The van der Waals surface area contributed by atoms with Gasteiger partial charge < -0.3 is 24.0 Å². The third-order valence-corrected chi connectivity index (χ3v) is 8.92. The predicted octanol–water partition coefficient (Wildman–Crippen LogP) is 4.17. The first kappa shape index (κ1) is 23.2. The summed E-state index contributed by atoms with van der Waals surface area (Å²) in [6.07, 6.45) is 5.57. The minimum absolute atomic E-state index is 0.0134. The molecule has 180 valence electrons. The fourth-order valence-corrected chi connectivity index (χ4v) is 6.71. The first-order chi connectivity index (χ1) is 15.5. The van der Waals surface area contributed by atoms with Gasteiger partial charge in [-0.1, -0.05) is 6.07 Å². The summed E-state index contributed by atoms with van der Waals surface area (Å²) in [5, 5.41) is -0.756. The Hall–Kier alpha value is -1.58. The van der Waals surface area contributed by atoms with Crippen molar-refractivity contribution in [2.24, 2.45) is 11.3 Å². The van der Waals surface area contributed by atoms with E-state index in [0.717, 1.165) is 37.4 Å². The highest BCUT2D eigenvalue weighted by atomic mass is 31.1. The van der Waals surface area contributed by atoms with E-state index < -0.39 is 5.27 Å². The predicted molar refractivity (Wildman–Crippen MR) is 131 cm³/mol. The number of likely N-dealkylation sites (tertiary alicyclic amines) is 1. The summed E-state index contributed by atoms with van der Waals surface area (Å²) in [5.41, 5.74) is 1.39. The lowest BCUT2D eigenvalue weighted by atomic mass is 9.56. The lowest BCUT2D eigenvalue weighted by Gasteiger charge is -2.54. The second kappa shape index (κ2) is 7.99. The van der Waals surface area contributed by atoms with Crippen molar-refractivity contribution in [2.45, 2.75) is 62.2 Å². The molecule has 7 nitrogen and oxygen atoms in total. The SMILES string of the molecule is COC(=O)N(C)C1(C)CC(C(=O)N2CCC3(CC2)CC(c2ccc4c(c2)OC(P)(P)O4)C3)C1. The van der Waals surface area contributed by atoms with Gasteiger partial charge in [-0.05, 0) is 93.0 Å². The van der Waals surface area contributed by atoms with E-state index in [1.807, 2.05) is 13.0 Å². The topological polar surface area (TPSA) is 68.3 Å². The maximum Gasteiger partial charge on any atom is 0.409 e. The molecule has 0 bridgehead atoms. The number of methoxy groups -OCH3 is 1. The third kappa shape index (κ3) is 4.10. The van der Waals surface area contributed by atoms with Gasteiger partial charge in [0.25, 0.3) is 5.27 Å². The molecule has 2 amide bonds. The third-order valence-electron chi connectivity index (χ3n) is 8.45. The van der Waals surface area contributed by atoms with Crippen LogP contribution in [-0.2, 0) is 9.53 Å². The van der Waals surface area contributed by atoms with Crippen molar-refractivity contribution in [3.8, 4) is 11.5 Å². The van der Waals surface area contributed by atoms with Crippen LogP contribution in [0.5, 0.6) is 11.5 Å². The van der Waals surface area contributed by atoms with Crippen LogP contribution in [0.2, 0.25) is 0 Å². The van der Waals surface area contributed by atoms with E-state index in [2.05, 4.69) is 35.5 Å². The Labute approximate surface area is 200 Å². The van der Waals surface area contributed by atoms with E-state index in [1.165, 1.54) is 25.5 Å². The molecule has 0 radical (unpaired) electrons. The van der Waals surface area contributed by atoms with Gasteiger partial charge >= 0.3 is 6.09 Å². The Morgan fingerprint density at radius 3 is 2.36 bits per heavy atom. The fraction of sp³-hybridized carbons (Fsp3) is 0.667. The molecule has 4 aliphatic rings. The minimum Gasteiger partial charge on any atom is -0.453 e. The summed E-state index contributed by atoms with van der Waals surface area (Å²) < 4.78 is 16.4. The molecule has 33 heavy (non-hydrogen) atoms. The number of fused-ring (bicyclic) bond motifs is 1. The number of hydrogen-bond acceptors (Lipinski definition) is 5. The number of carbonyl (C=O) groups is 2. The molecule has 2 unspecified atom stereocenters. The molecular weight excluding hydrogens is 458 g/mol. The number of ether oxygens (including phenoxy) is 3. The number of nitrogens with zero attached hydrogens (tertiary/aromatic N) is 2. The molecule has 5 rings (SSSR count). The van der Waals surface area contributed by atoms with E-state index in [-0.39, 0.29) is 23.5 Å². The first-order valence-corrected chi connectivity index (χ1v) is 12.9. The quantitative estimate of drug-likeness (QED) is 0.593. The number of piperidine rings is 1. The average Bonchev–Trinajstić information content (AvgIpc) is 3.06. The van der Waals surface area contributed by atoms with E-state index in [4.69, 9.17) is 14.2 Å². The lowest BCUT2D eigenvalue weighted by Crippen LogP contribution is -2.60. The standard InChI is InChI=1S/C24H34N2O5P2/c1-22(25(2)21(28)29-3)11-17(12-22)20(27)26-8-6-23(7-9-26)13-16(14-23)15-4-5-18-19(10-15)31-24(32,33)30-18/h4-5,10,16-17H,6-9,11-14,32-33H2,1-3H3. The molecular formula is C24H34N2O5P2. The van der Waals surface area contributed by atoms with Crippen LogP contribution >= 0.6 is 18.5 Å². The van der Waals surface area contributed by atoms with Crippen LogP contribution in [0.1, 0.15) is 56.9 Å². The van der Waals surface area contributed by atoms with E-state index in [0.29, 0.717) is 24.2 Å². The summed E-state index contributed by atoms with van der Waals surface area (Å²) in [6, 6.07) is 6.30. The second-order valence-electron chi connectivity index (χ2n) is 10.7. The van der Waals surface area contributed by atoms with Crippen molar-refractivity contribution in [1.29, 1.82) is 0 Å². The van der Waals surface area contributed by atoms with Gasteiger partial charge in [-0.3, -0.25) is 4.79 Å². The van der Waals surface area contributed by atoms with Crippen LogP contribution in [0, 0.1) is 11.3 Å². The number of benzene rings is 1. The summed E-state index contributed by atoms with van der Waals surface area (Å²) >= 11 is 0. The van der Waals surface area contributed by atoms with Crippen LogP contribution in [0.4, 0.5) is 4.79 Å². The molecule has 1 spiro atoms. The Morgan fingerprint density at radius 1 is 1.09 bits per heavy atom. The van der Waals surface area contributed by atoms with Crippen molar-refractivity contribution in [1.82, 2.24) is 9.80 Å². The van der Waals surface area contributed by atoms with Crippen molar-refractivity contribution in [2.75, 3.05) is 27.2 Å². The maximum absolute atomic E-state index is 13.1. The number of carbonyl (C=O) groups excluding carboxylic acids is 2. The average molecular weight is 492 g/mol. The number of amides is 2. The Kier molecular flexibility index (Phi) is 5.61. The summed E-state index contributed by atoms with van der Waals surface area (Å²) in [5.74, 6) is 2.41. The van der Waals surface area contributed by atoms with Gasteiger partial charge in [0, 0.05) is 31.6 Å². The molecule has 2 atom stereocenters. The van der Waals surface area contributed by atoms with Gasteiger partial charge in [-0.15, -0.1) is 0 Å². The smallest absolute Gasteiger partial charge is 0.409 e. The molecule has 2 aliphatic carbocycles. The van der Waals surface area contributed by atoms with Gasteiger partial charge in [0.1, 0.15) is 0 Å². The van der Waals surface area contributed by atoms with Gasteiger partial charge in [0.05, 0.1) is 7.11 Å². The normalized spacial score (nSPS) is 29.2. The van der Waals surface area contributed by atoms with Gasteiger partial charge in [0.15, 0.2) is 11.5 Å². The molecule has 1 saturated heterocycles. The zero-order valence-corrected chi connectivity index (χ0v) is 21.9. The Balaban J connectivity index is 1.11. The van der Waals surface area contributed by atoms with Crippen LogP contribution in [0.25, 0.3) is 0 Å². The van der Waals surface area contributed by atoms with Crippen molar-refractivity contribution >= 4 is 30.5 Å². The maximum atomic E-state index is 13.1. The van der Waals surface area contributed by atoms with Gasteiger partial charge in [-0.2, -0.15) is 0 Å². The molecule has 2 saturated carbocycles. The summed E-state index contributed by atoms with van der Waals surface area (Å²) in [6.45, 7) is 3.72. The highest BCUT2D eigenvalue weighted by Gasteiger charge is 2.51. The zero-order chi connectivity index (χ0) is 23.6. The second-order valence-corrected chi connectivity index (χ2v) is 13.0. The van der Waals surface area contributed by atoms with Gasteiger partial charge in [0.2, 0.25) is 5.91 Å². The molecule has 2 heterocycles. The molecule has 9 heteroatoms. The summed E-state index contributed by atoms with van der Waals surface area (Å²) in [7, 11) is 8.27. The highest BCUT2D eigenvalue weighted by Crippen LogP contribution is 2.58. The minimum atomic E-state index is -0.756. The van der Waals surface area contributed by atoms with E-state index in [9.17, 15) is 9.59 Å². The van der Waals surface area contributed by atoms with Crippen molar-refractivity contribution in [3.05, 3.63) is 23.8 Å². The molecule has 0 aromatic heterocycles. The Bertz CT molecular complexity index is 962. The van der Waals surface area contributed by atoms with Gasteiger partial charge in [-0.25, -0.2) is 4.79 Å². The highest BCUT2D eigenvalue weighted by molar-refractivity contribution is 7.39. The number of hydrogen-bond donors (Lipinski definition) is 0. The zero-order valence-electron chi connectivity index (χ0n) is 19.6. The fourth-order valence-electron chi connectivity index (χ4n) is 6.20. The molecule has 1 aromatic carbocycles. The lowest BCUT2D eigenvalue weighted by molar-refractivity contribution is -0.147. The van der Waals surface area contributed by atoms with E-state index in [1.54, 1.807) is 11.9 Å². The monoisotopic (exact) mass is 492 g/mol. The van der Waals surface area contributed by atoms with Crippen LogP contribution < -0.4 is 9.47 Å².